The Morgan fingerprint density at radius 3 is 3.04 bits per heavy atom. The fourth-order valence-corrected chi connectivity index (χ4v) is 5.00. The molecule has 0 bridgehead atoms. The molecule has 1 heterocycles. The number of aliphatic hydroxyl groups is 1. The first-order chi connectivity index (χ1) is 12.0. The summed E-state index contributed by atoms with van der Waals surface area (Å²) in [5, 5.41) is 14.6. The van der Waals surface area contributed by atoms with Crippen LogP contribution in [0.2, 0.25) is 0 Å². The first kappa shape index (κ1) is 18.9. The van der Waals surface area contributed by atoms with E-state index in [1.165, 1.54) is 5.57 Å². The number of hydrogen-bond donors (Lipinski definition) is 2. The fraction of sp³-hybridized carbons (Fsp3) is 0.850. The van der Waals surface area contributed by atoms with E-state index in [1.807, 2.05) is 6.92 Å². The van der Waals surface area contributed by atoms with Crippen LogP contribution in [-0.4, -0.2) is 49.6 Å². The highest BCUT2D eigenvalue weighted by Crippen LogP contribution is 2.55. The highest BCUT2D eigenvalue weighted by Gasteiger charge is 2.59. The minimum Gasteiger partial charge on any atom is -0.461 e. The lowest BCUT2D eigenvalue weighted by Crippen LogP contribution is -2.54. The van der Waals surface area contributed by atoms with E-state index in [2.05, 4.69) is 25.2 Å². The topological polar surface area (TPSA) is 67.8 Å². The predicted octanol–water partition coefficient (Wildman–Crippen LogP) is 2.29. The quantitative estimate of drug-likeness (QED) is 0.418. The van der Waals surface area contributed by atoms with Gasteiger partial charge in [0.05, 0.1) is 12.0 Å². The van der Waals surface area contributed by atoms with Crippen LogP contribution in [0.25, 0.3) is 0 Å². The van der Waals surface area contributed by atoms with Crippen LogP contribution in [0.4, 0.5) is 0 Å². The van der Waals surface area contributed by atoms with Gasteiger partial charge in [-0.1, -0.05) is 25.5 Å². The number of ether oxygens (including phenoxy) is 2. The van der Waals surface area contributed by atoms with Crippen LogP contribution in [0.5, 0.6) is 0 Å². The summed E-state index contributed by atoms with van der Waals surface area (Å²) < 4.78 is 11.0. The van der Waals surface area contributed by atoms with E-state index < -0.39 is 6.10 Å². The van der Waals surface area contributed by atoms with Crippen molar-refractivity contribution in [2.75, 3.05) is 26.3 Å². The Morgan fingerprint density at radius 1 is 1.48 bits per heavy atom. The van der Waals surface area contributed by atoms with Gasteiger partial charge in [-0.25, -0.2) is 0 Å². The maximum absolute atomic E-state index is 12.4. The van der Waals surface area contributed by atoms with Gasteiger partial charge in [0.25, 0.3) is 0 Å². The monoisotopic (exact) mass is 351 g/mol. The second-order valence-electron chi connectivity index (χ2n) is 8.05. The van der Waals surface area contributed by atoms with Gasteiger partial charge in [0, 0.05) is 37.5 Å². The summed E-state index contributed by atoms with van der Waals surface area (Å²) in [6.07, 6.45) is 5.46. The fourth-order valence-electron chi connectivity index (χ4n) is 5.00. The van der Waals surface area contributed by atoms with Crippen molar-refractivity contribution in [3.8, 4) is 0 Å². The largest absolute Gasteiger partial charge is 0.461 e. The Hall–Kier alpha value is -0.910. The molecule has 5 heteroatoms. The van der Waals surface area contributed by atoms with Gasteiger partial charge in [-0.15, -0.1) is 0 Å². The van der Waals surface area contributed by atoms with Crippen molar-refractivity contribution >= 4 is 5.97 Å². The first-order valence-corrected chi connectivity index (χ1v) is 9.86. The van der Waals surface area contributed by atoms with Gasteiger partial charge in [0.1, 0.15) is 6.10 Å². The molecule has 2 N–H and O–H groups in total. The molecular weight excluding hydrogens is 318 g/mol. The number of carbonyl (C=O) groups excluding carboxylic acids is 1. The van der Waals surface area contributed by atoms with E-state index in [0.717, 1.165) is 45.4 Å². The lowest BCUT2D eigenvalue weighted by molar-refractivity contribution is -0.144. The van der Waals surface area contributed by atoms with Crippen LogP contribution in [0.15, 0.2) is 11.6 Å². The third-order valence-electron chi connectivity index (χ3n) is 6.78. The number of aliphatic hydroxyl groups excluding tert-OH is 1. The summed E-state index contributed by atoms with van der Waals surface area (Å²) in [6, 6.07) is 0. The molecule has 3 aliphatic rings. The van der Waals surface area contributed by atoms with Gasteiger partial charge in [0.2, 0.25) is 0 Å². The number of allylic oxidation sites excluding steroid dienone is 1. The summed E-state index contributed by atoms with van der Waals surface area (Å²) >= 11 is 0. The molecule has 0 aromatic heterocycles. The number of fused-ring (bicyclic) bond motifs is 2. The molecule has 0 amide bonds. The number of hydrogen-bond acceptors (Lipinski definition) is 5. The highest BCUT2D eigenvalue weighted by molar-refractivity contribution is 5.76. The van der Waals surface area contributed by atoms with Gasteiger partial charge in [-0.3, -0.25) is 4.79 Å². The summed E-state index contributed by atoms with van der Waals surface area (Å²) in [7, 11) is 0. The van der Waals surface area contributed by atoms with Crippen LogP contribution in [0, 0.1) is 23.2 Å². The highest BCUT2D eigenvalue weighted by atomic mass is 16.6. The molecule has 2 aliphatic carbocycles. The molecule has 25 heavy (non-hydrogen) atoms. The van der Waals surface area contributed by atoms with Gasteiger partial charge < -0.3 is 19.9 Å². The lowest BCUT2D eigenvalue weighted by Gasteiger charge is -2.51. The van der Waals surface area contributed by atoms with Crippen LogP contribution in [0.1, 0.15) is 46.5 Å². The van der Waals surface area contributed by atoms with Crippen molar-refractivity contribution in [3.63, 3.8) is 0 Å². The van der Waals surface area contributed by atoms with E-state index in [0.29, 0.717) is 12.5 Å². The second kappa shape index (κ2) is 7.77. The molecule has 0 radical (unpaired) electrons. The molecule has 1 saturated carbocycles. The van der Waals surface area contributed by atoms with Crippen molar-refractivity contribution in [1.29, 1.82) is 0 Å². The predicted molar refractivity (Wildman–Crippen MR) is 96.1 cm³/mol. The van der Waals surface area contributed by atoms with Crippen LogP contribution < -0.4 is 5.32 Å². The van der Waals surface area contributed by atoms with Crippen molar-refractivity contribution in [2.24, 2.45) is 23.2 Å². The number of rotatable bonds is 7. The van der Waals surface area contributed by atoms with E-state index in [-0.39, 0.29) is 29.3 Å². The van der Waals surface area contributed by atoms with E-state index >= 15 is 0 Å². The zero-order valence-electron chi connectivity index (χ0n) is 15.8. The summed E-state index contributed by atoms with van der Waals surface area (Å²) in [6.45, 7) is 9.26. The van der Waals surface area contributed by atoms with E-state index in [1.54, 1.807) is 0 Å². The Balaban J connectivity index is 1.66. The van der Waals surface area contributed by atoms with Gasteiger partial charge in [-0.2, -0.15) is 0 Å². The zero-order valence-corrected chi connectivity index (χ0v) is 15.8. The molecule has 2 fully saturated rings. The van der Waals surface area contributed by atoms with Crippen molar-refractivity contribution in [3.05, 3.63) is 11.6 Å². The third-order valence-corrected chi connectivity index (χ3v) is 6.78. The normalized spacial score (nSPS) is 40.2. The summed E-state index contributed by atoms with van der Waals surface area (Å²) in [4.78, 5) is 12.4. The Bertz CT molecular complexity index is 520. The number of esters is 1. The van der Waals surface area contributed by atoms with Gasteiger partial charge >= 0.3 is 5.97 Å². The summed E-state index contributed by atoms with van der Waals surface area (Å²) in [5.41, 5.74) is 1.07. The molecule has 142 valence electrons. The molecule has 6 atom stereocenters. The Kier molecular flexibility index (Phi) is 5.86. The van der Waals surface area contributed by atoms with Crippen molar-refractivity contribution in [1.82, 2.24) is 5.32 Å². The number of nitrogens with one attached hydrogen (secondary N) is 1. The Labute approximate surface area is 151 Å². The third kappa shape index (κ3) is 3.38. The van der Waals surface area contributed by atoms with Crippen LogP contribution in [0.3, 0.4) is 0 Å². The molecule has 5 nitrogen and oxygen atoms in total. The van der Waals surface area contributed by atoms with Crippen LogP contribution in [-0.2, 0) is 14.3 Å². The lowest BCUT2D eigenvalue weighted by atomic mass is 9.55. The van der Waals surface area contributed by atoms with E-state index in [4.69, 9.17) is 9.47 Å². The molecule has 0 unspecified atom stereocenters. The minimum absolute atomic E-state index is 0.102. The number of carbonyl (C=O) groups is 1. The molecule has 0 spiro atoms. The SMILES string of the molecule is CCOCCCNC[C@@H]1C(=O)O[C@H]2CC3=CCC[C@@H](C)[C@]3(C)[C@H](O)[C@@H]21. The van der Waals surface area contributed by atoms with Crippen LogP contribution >= 0.6 is 0 Å². The second-order valence-corrected chi connectivity index (χ2v) is 8.05. The maximum atomic E-state index is 12.4. The molecule has 1 aliphatic heterocycles. The van der Waals surface area contributed by atoms with Gasteiger partial charge in [0.15, 0.2) is 0 Å². The average Bonchev–Trinajstić information content (AvgIpc) is 2.89. The van der Waals surface area contributed by atoms with E-state index in [9.17, 15) is 9.90 Å². The average molecular weight is 351 g/mol. The first-order valence-electron chi connectivity index (χ1n) is 9.86. The van der Waals surface area contributed by atoms with Crippen molar-refractivity contribution in [2.45, 2.75) is 58.7 Å². The Morgan fingerprint density at radius 2 is 2.28 bits per heavy atom. The molecule has 0 aromatic rings. The maximum Gasteiger partial charge on any atom is 0.311 e. The van der Waals surface area contributed by atoms with Gasteiger partial charge in [-0.05, 0) is 38.6 Å². The molecular formula is C20H33NO4. The van der Waals surface area contributed by atoms with Crippen molar-refractivity contribution < 1.29 is 19.4 Å². The molecule has 3 rings (SSSR count). The standard InChI is InChI=1S/C20H33NO4/c1-4-24-10-6-9-21-12-15-17-16(25-19(15)23)11-14-8-5-7-13(2)20(14,3)18(17)22/h8,13,15-18,21-22H,4-7,9-12H2,1-3H3/t13-,15+,16+,17-,18-,20+/m1/s1. The summed E-state index contributed by atoms with van der Waals surface area (Å²) in [5.74, 6) is -0.0741. The molecule has 0 aromatic carbocycles. The smallest absolute Gasteiger partial charge is 0.311 e. The molecule has 1 saturated heterocycles. The minimum atomic E-state index is -0.519. The zero-order chi connectivity index (χ0) is 18.0.